The summed E-state index contributed by atoms with van der Waals surface area (Å²) < 4.78 is 19.8. The predicted molar refractivity (Wildman–Crippen MR) is 117 cm³/mol. The highest BCUT2D eigenvalue weighted by Gasteiger charge is 2.59. The van der Waals surface area contributed by atoms with E-state index in [9.17, 15) is 9.18 Å². The Morgan fingerprint density at radius 1 is 1.19 bits per heavy atom. The highest BCUT2D eigenvalue weighted by Crippen LogP contribution is 2.60. The predicted octanol–water partition coefficient (Wildman–Crippen LogP) is 5.03. The molecule has 3 aromatic rings. The Balaban J connectivity index is 1.21. The fraction of sp³-hybridized carbons (Fsp3) is 0.375. The second-order valence-corrected chi connectivity index (χ2v) is 8.89. The molecule has 5 atom stereocenters. The van der Waals surface area contributed by atoms with E-state index in [0.29, 0.717) is 45.1 Å². The van der Waals surface area contributed by atoms with E-state index in [0.717, 1.165) is 19.3 Å². The van der Waals surface area contributed by atoms with Gasteiger partial charge in [0.25, 0.3) is 5.91 Å². The lowest BCUT2D eigenvalue weighted by Crippen LogP contribution is -2.37. The van der Waals surface area contributed by atoms with Crippen molar-refractivity contribution in [1.82, 2.24) is 15.3 Å². The van der Waals surface area contributed by atoms with E-state index >= 15 is 0 Å². The molecular formula is C24H23ClFN3O2. The fourth-order valence-electron chi connectivity index (χ4n) is 5.12. The van der Waals surface area contributed by atoms with Crippen LogP contribution >= 0.6 is 11.6 Å². The lowest BCUT2D eigenvalue weighted by atomic mass is 10.00. The molecule has 2 aliphatic carbocycles. The first-order valence-electron chi connectivity index (χ1n) is 10.7. The van der Waals surface area contributed by atoms with Gasteiger partial charge < -0.3 is 10.1 Å². The first kappa shape index (κ1) is 20.2. The third-order valence-corrected chi connectivity index (χ3v) is 6.89. The Labute approximate surface area is 185 Å². The monoisotopic (exact) mass is 439 g/mol. The van der Waals surface area contributed by atoms with Gasteiger partial charge in [-0.25, -0.2) is 14.4 Å². The van der Waals surface area contributed by atoms with Crippen molar-refractivity contribution in [3.8, 4) is 5.88 Å². The molecule has 2 fully saturated rings. The topological polar surface area (TPSA) is 64.1 Å². The van der Waals surface area contributed by atoms with Gasteiger partial charge in [-0.15, -0.1) is 0 Å². The van der Waals surface area contributed by atoms with Gasteiger partial charge in [0.15, 0.2) is 0 Å². The van der Waals surface area contributed by atoms with Crippen LogP contribution in [0.3, 0.4) is 0 Å². The minimum absolute atomic E-state index is 0.0529. The van der Waals surface area contributed by atoms with Crippen LogP contribution < -0.4 is 10.1 Å². The van der Waals surface area contributed by atoms with Crippen molar-refractivity contribution >= 4 is 28.4 Å². The zero-order chi connectivity index (χ0) is 21.5. The average molecular weight is 440 g/mol. The molecule has 160 valence electrons. The Bertz CT molecular complexity index is 1110. The zero-order valence-corrected chi connectivity index (χ0v) is 17.8. The van der Waals surface area contributed by atoms with E-state index < -0.39 is 0 Å². The van der Waals surface area contributed by atoms with Crippen LogP contribution in [0.25, 0.3) is 10.9 Å². The molecule has 7 heteroatoms. The SMILES string of the molecule is CCC(NC(=O)c1ccc(Cl)cc1)C1[C@H]2CC(Oc3ncnc4ccc(F)cc34)C[C@@H]12. The zero-order valence-electron chi connectivity index (χ0n) is 17.1. The van der Waals surface area contributed by atoms with Crippen LogP contribution in [0.4, 0.5) is 4.39 Å². The summed E-state index contributed by atoms with van der Waals surface area (Å²) in [6.45, 7) is 2.11. The maximum absolute atomic E-state index is 13.7. The first-order valence-corrected chi connectivity index (χ1v) is 11.0. The summed E-state index contributed by atoms with van der Waals surface area (Å²) in [6.07, 6.45) is 4.23. The second kappa shape index (κ2) is 8.08. The standard InChI is InChI=1S/C24H23ClFN3O2/c1-2-20(29-23(30)13-3-5-14(25)6-4-13)22-17-10-16(11-18(17)22)31-24-19-9-15(26)7-8-21(19)27-12-28-24/h3-9,12,16-18,20,22H,2,10-11H2,1H3,(H,29,30)/t16?,17-,18+,20?,22?. The van der Waals surface area contributed by atoms with E-state index in [1.165, 1.54) is 18.5 Å². The molecule has 2 aliphatic rings. The number of benzene rings is 2. The highest BCUT2D eigenvalue weighted by atomic mass is 35.5. The summed E-state index contributed by atoms with van der Waals surface area (Å²) >= 11 is 5.92. The van der Waals surface area contributed by atoms with Crippen LogP contribution in [-0.2, 0) is 0 Å². The third-order valence-electron chi connectivity index (χ3n) is 6.63. The first-order chi connectivity index (χ1) is 15.0. The summed E-state index contributed by atoms with van der Waals surface area (Å²) in [5.74, 6) is 1.59. The van der Waals surface area contributed by atoms with Crippen molar-refractivity contribution in [1.29, 1.82) is 0 Å². The molecule has 0 spiro atoms. The number of nitrogens with zero attached hydrogens (tertiary/aromatic N) is 2. The summed E-state index contributed by atoms with van der Waals surface area (Å²) in [7, 11) is 0. The number of carbonyl (C=O) groups excluding carboxylic acids is 1. The molecular weight excluding hydrogens is 417 g/mol. The van der Waals surface area contributed by atoms with Crippen LogP contribution in [-0.4, -0.2) is 28.0 Å². The largest absolute Gasteiger partial charge is 0.474 e. The molecule has 0 radical (unpaired) electrons. The quantitative estimate of drug-likeness (QED) is 0.584. The van der Waals surface area contributed by atoms with Crippen LogP contribution in [0.1, 0.15) is 36.5 Å². The molecule has 1 N–H and O–H groups in total. The molecule has 0 saturated heterocycles. The molecule has 3 unspecified atom stereocenters. The number of amides is 1. The van der Waals surface area contributed by atoms with Crippen molar-refractivity contribution in [3.63, 3.8) is 0 Å². The van der Waals surface area contributed by atoms with E-state index in [2.05, 4.69) is 22.2 Å². The average Bonchev–Trinajstić information content (AvgIpc) is 3.26. The second-order valence-electron chi connectivity index (χ2n) is 8.45. The van der Waals surface area contributed by atoms with Crippen molar-refractivity contribution in [2.24, 2.45) is 17.8 Å². The number of fused-ring (bicyclic) bond motifs is 2. The van der Waals surface area contributed by atoms with Crippen LogP contribution in [0.15, 0.2) is 48.8 Å². The van der Waals surface area contributed by atoms with Crippen LogP contribution in [0.2, 0.25) is 5.02 Å². The van der Waals surface area contributed by atoms with Gasteiger partial charge in [0.2, 0.25) is 5.88 Å². The van der Waals surface area contributed by atoms with Crippen molar-refractivity contribution in [2.45, 2.75) is 38.3 Å². The lowest BCUT2D eigenvalue weighted by molar-refractivity contribution is 0.0924. The third kappa shape index (κ3) is 3.97. The molecule has 2 saturated carbocycles. The van der Waals surface area contributed by atoms with E-state index in [4.69, 9.17) is 16.3 Å². The highest BCUT2D eigenvalue weighted by molar-refractivity contribution is 6.30. The van der Waals surface area contributed by atoms with Gasteiger partial charge in [-0.05, 0) is 79.5 Å². The molecule has 0 bridgehead atoms. The normalized spacial score (nSPS) is 25.1. The summed E-state index contributed by atoms with van der Waals surface area (Å²) in [4.78, 5) is 21.0. The fourth-order valence-corrected chi connectivity index (χ4v) is 5.24. The number of halogens is 2. The number of ether oxygens (including phenoxy) is 1. The number of carbonyl (C=O) groups is 1. The molecule has 5 nitrogen and oxygen atoms in total. The van der Waals surface area contributed by atoms with Gasteiger partial charge >= 0.3 is 0 Å². The van der Waals surface area contributed by atoms with E-state index in [-0.39, 0.29) is 23.9 Å². The number of hydrogen-bond acceptors (Lipinski definition) is 4. The molecule has 1 amide bonds. The van der Waals surface area contributed by atoms with Crippen LogP contribution in [0, 0.1) is 23.6 Å². The Kier molecular flexibility index (Phi) is 5.26. The maximum atomic E-state index is 13.7. The van der Waals surface area contributed by atoms with E-state index in [1.54, 1.807) is 30.3 Å². The molecule has 31 heavy (non-hydrogen) atoms. The maximum Gasteiger partial charge on any atom is 0.251 e. The number of aromatic nitrogens is 2. The minimum Gasteiger partial charge on any atom is -0.474 e. The van der Waals surface area contributed by atoms with Gasteiger partial charge in [-0.2, -0.15) is 0 Å². The van der Waals surface area contributed by atoms with Gasteiger partial charge in [-0.1, -0.05) is 18.5 Å². The van der Waals surface area contributed by atoms with Gasteiger partial charge in [0, 0.05) is 16.6 Å². The van der Waals surface area contributed by atoms with E-state index in [1.807, 2.05) is 0 Å². The number of rotatable bonds is 6. The van der Waals surface area contributed by atoms with Crippen molar-refractivity contribution < 1.29 is 13.9 Å². The Hall–Kier alpha value is -2.73. The molecule has 2 aromatic carbocycles. The lowest BCUT2D eigenvalue weighted by Gasteiger charge is -2.22. The van der Waals surface area contributed by atoms with Gasteiger partial charge in [0.1, 0.15) is 18.2 Å². The van der Waals surface area contributed by atoms with Crippen molar-refractivity contribution in [3.05, 3.63) is 65.2 Å². The van der Waals surface area contributed by atoms with Crippen LogP contribution in [0.5, 0.6) is 5.88 Å². The van der Waals surface area contributed by atoms with Crippen molar-refractivity contribution in [2.75, 3.05) is 0 Å². The number of hydrogen-bond donors (Lipinski definition) is 1. The van der Waals surface area contributed by atoms with Gasteiger partial charge in [-0.3, -0.25) is 4.79 Å². The minimum atomic E-state index is -0.330. The molecule has 1 aromatic heterocycles. The molecule has 1 heterocycles. The smallest absolute Gasteiger partial charge is 0.251 e. The Morgan fingerprint density at radius 2 is 1.94 bits per heavy atom. The summed E-state index contributed by atoms with van der Waals surface area (Å²) in [6, 6.07) is 11.5. The summed E-state index contributed by atoms with van der Waals surface area (Å²) in [5.41, 5.74) is 1.29. The Morgan fingerprint density at radius 3 is 2.65 bits per heavy atom. The van der Waals surface area contributed by atoms with Gasteiger partial charge in [0.05, 0.1) is 10.9 Å². The number of nitrogens with one attached hydrogen (secondary N) is 1. The molecule has 5 rings (SSSR count). The summed E-state index contributed by atoms with van der Waals surface area (Å²) in [5, 5.41) is 4.42. The molecule has 0 aliphatic heterocycles.